The monoisotopic (exact) mass is 279 g/mol. The number of nitrogens with one attached hydrogen (secondary N) is 1. The Morgan fingerprint density at radius 1 is 1.16 bits per heavy atom. The molecule has 0 spiro atoms. The lowest BCUT2D eigenvalue weighted by Gasteiger charge is -2.29. The van der Waals surface area contributed by atoms with E-state index in [4.69, 9.17) is 0 Å². The van der Waals surface area contributed by atoms with Gasteiger partial charge in [-0.1, -0.05) is 27.2 Å². The minimum absolute atomic E-state index is 0.485. The molecule has 1 aromatic rings. The van der Waals surface area contributed by atoms with Crippen LogP contribution in [-0.4, -0.2) is 6.04 Å². The van der Waals surface area contributed by atoms with Crippen molar-refractivity contribution in [2.75, 3.05) is 0 Å². The fourth-order valence-electron chi connectivity index (χ4n) is 3.19. The molecule has 1 saturated carbocycles. The number of hydrogen-bond acceptors (Lipinski definition) is 2. The first kappa shape index (κ1) is 15.1. The lowest BCUT2D eigenvalue weighted by molar-refractivity contribution is 0.213. The van der Waals surface area contributed by atoms with Crippen LogP contribution >= 0.6 is 11.3 Å². The van der Waals surface area contributed by atoms with Crippen molar-refractivity contribution in [1.29, 1.82) is 0 Å². The number of rotatable bonds is 3. The lowest BCUT2D eigenvalue weighted by Crippen LogP contribution is -2.28. The first-order valence-electron chi connectivity index (χ1n) is 7.72. The summed E-state index contributed by atoms with van der Waals surface area (Å²) in [7, 11) is 0. The highest BCUT2D eigenvalue weighted by Crippen LogP contribution is 2.36. The molecule has 2 unspecified atom stereocenters. The van der Waals surface area contributed by atoms with Crippen LogP contribution in [0.4, 0.5) is 0 Å². The Bertz CT molecular complexity index is 388. The van der Waals surface area contributed by atoms with Gasteiger partial charge in [0.25, 0.3) is 0 Å². The predicted octanol–water partition coefficient (Wildman–Crippen LogP) is 5.14. The first-order chi connectivity index (χ1) is 8.97. The van der Waals surface area contributed by atoms with Crippen molar-refractivity contribution in [2.24, 2.45) is 11.3 Å². The molecule has 1 aromatic heterocycles. The average Bonchev–Trinajstić information content (AvgIpc) is 2.61. The quantitative estimate of drug-likeness (QED) is 0.755. The zero-order valence-corrected chi connectivity index (χ0v) is 13.8. The second-order valence-electron chi connectivity index (χ2n) is 7.23. The molecule has 0 bridgehead atoms. The summed E-state index contributed by atoms with van der Waals surface area (Å²) >= 11 is 1.82. The van der Waals surface area contributed by atoms with Gasteiger partial charge in [-0.2, -0.15) is 11.3 Å². The van der Waals surface area contributed by atoms with Crippen molar-refractivity contribution in [3.8, 4) is 0 Å². The Morgan fingerprint density at radius 2 is 1.95 bits per heavy atom. The topological polar surface area (TPSA) is 12.0 Å². The largest absolute Gasteiger partial charge is 0.310 e. The van der Waals surface area contributed by atoms with E-state index < -0.39 is 0 Å². The van der Waals surface area contributed by atoms with Crippen molar-refractivity contribution in [3.05, 3.63) is 21.9 Å². The molecule has 2 heteroatoms. The van der Waals surface area contributed by atoms with Crippen molar-refractivity contribution in [1.82, 2.24) is 5.32 Å². The number of aryl methyl sites for hydroxylation is 1. The van der Waals surface area contributed by atoms with Crippen LogP contribution in [-0.2, 0) is 6.54 Å². The molecular weight excluding hydrogens is 250 g/mol. The summed E-state index contributed by atoms with van der Waals surface area (Å²) in [6, 6.07) is 0.728. The van der Waals surface area contributed by atoms with Crippen molar-refractivity contribution < 1.29 is 0 Å². The molecule has 2 rings (SSSR count). The van der Waals surface area contributed by atoms with Gasteiger partial charge in [0, 0.05) is 12.6 Å². The predicted molar refractivity (Wildman–Crippen MR) is 85.7 cm³/mol. The Labute approximate surface area is 122 Å². The van der Waals surface area contributed by atoms with E-state index in [1.807, 2.05) is 11.3 Å². The van der Waals surface area contributed by atoms with E-state index in [-0.39, 0.29) is 0 Å². The highest BCUT2D eigenvalue weighted by molar-refractivity contribution is 7.08. The van der Waals surface area contributed by atoms with E-state index >= 15 is 0 Å². The zero-order valence-electron chi connectivity index (χ0n) is 13.0. The Hall–Kier alpha value is -0.340. The summed E-state index contributed by atoms with van der Waals surface area (Å²) < 4.78 is 0. The third-order valence-corrected chi connectivity index (χ3v) is 5.65. The van der Waals surface area contributed by atoms with Crippen LogP contribution in [0.15, 0.2) is 10.8 Å². The molecule has 1 nitrogen and oxygen atoms in total. The summed E-state index contributed by atoms with van der Waals surface area (Å²) in [5.41, 5.74) is 3.42. The van der Waals surface area contributed by atoms with Crippen LogP contribution in [0.5, 0.6) is 0 Å². The minimum atomic E-state index is 0.485. The maximum Gasteiger partial charge on any atom is 0.0218 e. The van der Waals surface area contributed by atoms with Crippen LogP contribution in [0.2, 0.25) is 0 Å². The van der Waals surface area contributed by atoms with Gasteiger partial charge in [-0.15, -0.1) is 0 Å². The average molecular weight is 279 g/mol. The van der Waals surface area contributed by atoms with E-state index in [0.29, 0.717) is 5.41 Å². The highest BCUT2D eigenvalue weighted by Gasteiger charge is 2.27. The molecule has 0 amide bonds. The fraction of sp³-hybridized carbons (Fsp3) is 0.765. The second kappa shape index (κ2) is 6.41. The Balaban J connectivity index is 1.82. The van der Waals surface area contributed by atoms with Gasteiger partial charge in [-0.3, -0.25) is 0 Å². The van der Waals surface area contributed by atoms with Crippen LogP contribution in [0.25, 0.3) is 0 Å². The Morgan fingerprint density at radius 3 is 2.58 bits per heavy atom. The van der Waals surface area contributed by atoms with Gasteiger partial charge in [0.1, 0.15) is 0 Å². The summed E-state index contributed by atoms with van der Waals surface area (Å²) in [4.78, 5) is 0. The molecule has 1 N–H and O–H groups in total. The van der Waals surface area contributed by atoms with E-state index in [2.05, 4.69) is 43.8 Å². The van der Waals surface area contributed by atoms with Gasteiger partial charge in [-0.05, 0) is 65.8 Å². The maximum atomic E-state index is 3.78. The summed E-state index contributed by atoms with van der Waals surface area (Å²) in [6.07, 6.45) is 6.91. The molecule has 108 valence electrons. The fourth-order valence-corrected chi connectivity index (χ4v) is 4.05. The molecule has 19 heavy (non-hydrogen) atoms. The summed E-state index contributed by atoms with van der Waals surface area (Å²) in [6.45, 7) is 10.5. The Kier molecular flexibility index (Phi) is 5.08. The van der Waals surface area contributed by atoms with Gasteiger partial charge < -0.3 is 5.32 Å². The molecule has 2 atom stereocenters. The molecule has 0 aromatic carbocycles. The minimum Gasteiger partial charge on any atom is -0.310 e. The molecule has 0 aliphatic heterocycles. The van der Waals surface area contributed by atoms with Crippen LogP contribution in [0.1, 0.15) is 64.0 Å². The number of thiophene rings is 1. The second-order valence-corrected chi connectivity index (χ2v) is 7.97. The van der Waals surface area contributed by atoms with E-state index in [1.165, 1.54) is 43.2 Å². The molecule has 1 aliphatic rings. The van der Waals surface area contributed by atoms with Crippen LogP contribution in [0, 0.1) is 18.3 Å². The van der Waals surface area contributed by atoms with Crippen LogP contribution < -0.4 is 5.32 Å². The maximum absolute atomic E-state index is 3.78. The third-order valence-electron chi connectivity index (χ3n) is 4.74. The van der Waals surface area contributed by atoms with Crippen molar-refractivity contribution >= 4 is 11.3 Å². The molecule has 1 fully saturated rings. The normalized spacial score (nSPS) is 25.3. The lowest BCUT2D eigenvalue weighted by atomic mass is 9.76. The zero-order chi connectivity index (χ0) is 13.9. The van der Waals surface area contributed by atoms with Gasteiger partial charge in [-0.25, -0.2) is 0 Å². The first-order valence-corrected chi connectivity index (χ1v) is 8.66. The molecule has 0 radical (unpaired) electrons. The highest BCUT2D eigenvalue weighted by atomic mass is 32.1. The van der Waals surface area contributed by atoms with Gasteiger partial charge in [0.2, 0.25) is 0 Å². The molecule has 1 heterocycles. The number of hydrogen-bond donors (Lipinski definition) is 1. The molecular formula is C17H29NS. The van der Waals surface area contributed by atoms with E-state index in [1.54, 1.807) is 0 Å². The standard InChI is InChI=1S/C17H29NS/c1-13-11-19-12-14(13)10-18-16-7-5-6-15(8-9-16)17(2,3)4/h11-12,15-16,18H,5-10H2,1-4H3. The summed E-state index contributed by atoms with van der Waals surface area (Å²) in [5.74, 6) is 0.905. The molecule has 1 aliphatic carbocycles. The van der Waals surface area contributed by atoms with Gasteiger partial charge in [0.05, 0.1) is 0 Å². The van der Waals surface area contributed by atoms with E-state index in [9.17, 15) is 0 Å². The van der Waals surface area contributed by atoms with Crippen LogP contribution in [0.3, 0.4) is 0 Å². The van der Waals surface area contributed by atoms with Crippen molar-refractivity contribution in [2.45, 2.75) is 72.4 Å². The van der Waals surface area contributed by atoms with Gasteiger partial charge in [0.15, 0.2) is 0 Å². The SMILES string of the molecule is Cc1cscc1CNC1CCCC(C(C)(C)C)CC1. The smallest absolute Gasteiger partial charge is 0.0218 e. The third kappa shape index (κ3) is 4.32. The molecule has 0 saturated heterocycles. The van der Waals surface area contributed by atoms with E-state index in [0.717, 1.165) is 18.5 Å². The van der Waals surface area contributed by atoms with Crippen molar-refractivity contribution in [3.63, 3.8) is 0 Å². The van der Waals surface area contributed by atoms with Gasteiger partial charge >= 0.3 is 0 Å². The summed E-state index contributed by atoms with van der Waals surface area (Å²) in [5, 5.41) is 8.32.